The van der Waals surface area contributed by atoms with Crippen molar-refractivity contribution in [3.8, 4) is 0 Å². The highest BCUT2D eigenvalue weighted by molar-refractivity contribution is 5.88. The van der Waals surface area contributed by atoms with Gasteiger partial charge in [-0.05, 0) is 55.0 Å². The quantitative estimate of drug-likeness (QED) is 0.628. The number of halogens is 1. The van der Waals surface area contributed by atoms with Crippen molar-refractivity contribution in [2.75, 3.05) is 0 Å². The number of carboxylic acid groups (broad SMARTS) is 1. The largest absolute Gasteiger partial charge is 0.480 e. The molecule has 162 valence electrons. The predicted octanol–water partition coefficient (Wildman–Crippen LogP) is 4.11. The van der Waals surface area contributed by atoms with E-state index in [0.717, 1.165) is 34.1 Å². The van der Waals surface area contributed by atoms with Crippen LogP contribution < -0.4 is 5.32 Å². The number of fused-ring (bicyclic) bond motifs is 3. The number of carbonyl (C=O) groups excluding carboxylic acids is 1. The van der Waals surface area contributed by atoms with Crippen LogP contribution in [-0.4, -0.2) is 27.6 Å². The van der Waals surface area contributed by atoms with E-state index in [1.807, 2.05) is 44.2 Å². The summed E-state index contributed by atoms with van der Waals surface area (Å²) in [6, 6.07) is 14.3. The Morgan fingerprint density at radius 3 is 2.65 bits per heavy atom. The maximum absolute atomic E-state index is 14.0. The molecular formula is C25H27FN2O3. The molecule has 0 bridgehead atoms. The third-order valence-electron chi connectivity index (χ3n) is 6.16. The molecule has 2 aromatic carbocycles. The van der Waals surface area contributed by atoms with Crippen molar-refractivity contribution in [2.45, 2.75) is 52.1 Å². The van der Waals surface area contributed by atoms with Gasteiger partial charge in [-0.15, -0.1) is 0 Å². The summed E-state index contributed by atoms with van der Waals surface area (Å²) in [4.78, 5) is 24.4. The zero-order valence-corrected chi connectivity index (χ0v) is 17.8. The zero-order valence-electron chi connectivity index (χ0n) is 17.8. The van der Waals surface area contributed by atoms with Gasteiger partial charge in [0.25, 0.3) is 0 Å². The summed E-state index contributed by atoms with van der Waals surface area (Å²) in [5.41, 5.74) is 3.14. The minimum atomic E-state index is -0.929. The molecule has 0 radical (unpaired) electrons. The second-order valence-corrected chi connectivity index (χ2v) is 9.03. The van der Waals surface area contributed by atoms with Gasteiger partial charge < -0.3 is 15.0 Å². The number of hydrogen-bond acceptors (Lipinski definition) is 2. The first kappa shape index (κ1) is 21.1. The van der Waals surface area contributed by atoms with Crippen LogP contribution in [0.25, 0.3) is 10.9 Å². The van der Waals surface area contributed by atoms with Gasteiger partial charge in [-0.2, -0.15) is 0 Å². The maximum atomic E-state index is 14.0. The molecule has 1 atom stereocenters. The SMILES string of the molecule is CC(C)(Cc1ccccc1)C(=O)N[C@H]1CCc2c(c3cc(F)ccc3n2CC(=O)O)C1. The van der Waals surface area contributed by atoms with Gasteiger partial charge in [0.1, 0.15) is 12.4 Å². The van der Waals surface area contributed by atoms with Crippen molar-refractivity contribution < 1.29 is 19.1 Å². The number of amides is 1. The summed E-state index contributed by atoms with van der Waals surface area (Å²) in [5.74, 6) is -1.29. The van der Waals surface area contributed by atoms with Crippen LogP contribution in [0.4, 0.5) is 4.39 Å². The molecule has 3 aromatic rings. The van der Waals surface area contributed by atoms with Crippen LogP contribution in [0.1, 0.15) is 37.1 Å². The van der Waals surface area contributed by atoms with Gasteiger partial charge in [0, 0.05) is 28.1 Å². The normalized spacial score (nSPS) is 16.2. The number of carbonyl (C=O) groups is 2. The third-order valence-corrected chi connectivity index (χ3v) is 6.16. The van der Waals surface area contributed by atoms with E-state index in [0.29, 0.717) is 19.3 Å². The van der Waals surface area contributed by atoms with Crippen molar-refractivity contribution in [3.63, 3.8) is 0 Å². The van der Waals surface area contributed by atoms with Crippen molar-refractivity contribution in [2.24, 2.45) is 5.41 Å². The smallest absolute Gasteiger partial charge is 0.323 e. The highest BCUT2D eigenvalue weighted by Crippen LogP contribution is 2.33. The number of nitrogens with zero attached hydrogens (tertiary/aromatic N) is 1. The molecule has 0 fully saturated rings. The van der Waals surface area contributed by atoms with Gasteiger partial charge in [0.05, 0.1) is 0 Å². The van der Waals surface area contributed by atoms with E-state index in [9.17, 15) is 19.1 Å². The molecular weight excluding hydrogens is 395 g/mol. The van der Waals surface area contributed by atoms with Crippen LogP contribution in [-0.2, 0) is 35.4 Å². The number of rotatable bonds is 6. The van der Waals surface area contributed by atoms with Crippen LogP contribution in [0.2, 0.25) is 0 Å². The molecule has 0 saturated carbocycles. The number of carboxylic acids is 1. The van der Waals surface area contributed by atoms with E-state index in [4.69, 9.17) is 0 Å². The van der Waals surface area contributed by atoms with Gasteiger partial charge in [-0.1, -0.05) is 44.2 Å². The Bertz CT molecular complexity index is 1130. The van der Waals surface area contributed by atoms with Gasteiger partial charge in [0.15, 0.2) is 0 Å². The fourth-order valence-corrected chi connectivity index (χ4v) is 4.63. The Morgan fingerprint density at radius 2 is 1.94 bits per heavy atom. The first-order chi connectivity index (χ1) is 14.7. The maximum Gasteiger partial charge on any atom is 0.323 e. The van der Waals surface area contributed by atoms with E-state index in [2.05, 4.69) is 5.32 Å². The second kappa shape index (κ2) is 8.17. The standard InChI is InChI=1S/C25H27FN2O3/c1-25(2,14-16-6-4-3-5-7-16)24(31)27-18-9-11-22-20(13-18)19-12-17(26)8-10-21(19)28(22)15-23(29)30/h3-8,10,12,18H,9,11,13-15H2,1-2H3,(H,27,31)(H,29,30)/t18-/m0/s1. The lowest BCUT2D eigenvalue weighted by atomic mass is 9.83. The van der Waals surface area contributed by atoms with Gasteiger partial charge in [0.2, 0.25) is 5.91 Å². The molecule has 1 aliphatic carbocycles. The second-order valence-electron chi connectivity index (χ2n) is 9.03. The Labute approximate surface area is 180 Å². The summed E-state index contributed by atoms with van der Waals surface area (Å²) < 4.78 is 15.7. The molecule has 4 rings (SSSR count). The minimum absolute atomic E-state index is 0.00902. The van der Waals surface area contributed by atoms with E-state index in [1.54, 1.807) is 10.6 Å². The topological polar surface area (TPSA) is 71.3 Å². The van der Waals surface area contributed by atoms with E-state index in [-0.39, 0.29) is 24.3 Å². The number of nitrogens with one attached hydrogen (secondary N) is 1. The van der Waals surface area contributed by atoms with Crippen molar-refractivity contribution in [3.05, 3.63) is 71.2 Å². The van der Waals surface area contributed by atoms with Gasteiger partial charge in [-0.25, -0.2) is 4.39 Å². The first-order valence-corrected chi connectivity index (χ1v) is 10.6. The van der Waals surface area contributed by atoms with E-state index >= 15 is 0 Å². The third kappa shape index (κ3) is 4.33. The Balaban J connectivity index is 1.56. The summed E-state index contributed by atoms with van der Waals surface area (Å²) in [6.45, 7) is 3.73. The Hall–Kier alpha value is -3.15. The van der Waals surface area contributed by atoms with Crippen LogP contribution in [0.5, 0.6) is 0 Å². The van der Waals surface area contributed by atoms with E-state index < -0.39 is 11.4 Å². The number of aromatic nitrogens is 1. The molecule has 1 heterocycles. The highest BCUT2D eigenvalue weighted by Gasteiger charge is 2.32. The molecule has 0 spiro atoms. The summed E-state index contributed by atoms with van der Waals surface area (Å²) in [5, 5.41) is 13.3. The van der Waals surface area contributed by atoms with Crippen LogP contribution >= 0.6 is 0 Å². The lowest BCUT2D eigenvalue weighted by Crippen LogP contribution is -2.46. The van der Waals surface area contributed by atoms with Gasteiger partial charge >= 0.3 is 5.97 Å². The van der Waals surface area contributed by atoms with Crippen LogP contribution in [0, 0.1) is 11.2 Å². The predicted molar refractivity (Wildman–Crippen MR) is 117 cm³/mol. The lowest BCUT2D eigenvalue weighted by Gasteiger charge is -2.30. The van der Waals surface area contributed by atoms with E-state index in [1.165, 1.54) is 12.1 Å². The number of benzene rings is 2. The van der Waals surface area contributed by atoms with Crippen molar-refractivity contribution >= 4 is 22.8 Å². The number of aliphatic carboxylic acids is 1. The fourth-order valence-electron chi connectivity index (χ4n) is 4.63. The molecule has 1 aliphatic rings. The van der Waals surface area contributed by atoms with Crippen molar-refractivity contribution in [1.29, 1.82) is 0 Å². The molecule has 1 aromatic heterocycles. The number of hydrogen-bond donors (Lipinski definition) is 2. The summed E-state index contributed by atoms with van der Waals surface area (Å²) >= 11 is 0. The molecule has 31 heavy (non-hydrogen) atoms. The Kier molecular flexibility index (Phi) is 5.56. The summed E-state index contributed by atoms with van der Waals surface area (Å²) in [7, 11) is 0. The van der Waals surface area contributed by atoms with Crippen LogP contribution in [0.3, 0.4) is 0 Å². The average Bonchev–Trinajstić information content (AvgIpc) is 3.00. The van der Waals surface area contributed by atoms with Crippen molar-refractivity contribution in [1.82, 2.24) is 9.88 Å². The molecule has 5 nitrogen and oxygen atoms in total. The molecule has 0 aliphatic heterocycles. The average molecular weight is 423 g/mol. The zero-order chi connectivity index (χ0) is 22.2. The molecule has 0 saturated heterocycles. The van der Waals surface area contributed by atoms with Gasteiger partial charge in [-0.3, -0.25) is 9.59 Å². The summed E-state index contributed by atoms with van der Waals surface area (Å²) in [6.07, 6.45) is 2.57. The Morgan fingerprint density at radius 1 is 1.19 bits per heavy atom. The molecule has 1 amide bonds. The lowest BCUT2D eigenvalue weighted by molar-refractivity contribution is -0.137. The molecule has 6 heteroatoms. The highest BCUT2D eigenvalue weighted by atomic mass is 19.1. The van der Waals surface area contributed by atoms with Crippen LogP contribution in [0.15, 0.2) is 48.5 Å². The first-order valence-electron chi connectivity index (χ1n) is 10.6. The fraction of sp³-hybridized carbons (Fsp3) is 0.360. The monoisotopic (exact) mass is 422 g/mol. The molecule has 2 N–H and O–H groups in total. The molecule has 0 unspecified atom stereocenters. The minimum Gasteiger partial charge on any atom is -0.480 e.